The number of anilines is 1. The molecule has 0 saturated carbocycles. The molecule has 0 bridgehead atoms. The van der Waals surface area contributed by atoms with Gasteiger partial charge in [-0.25, -0.2) is 9.97 Å². The Hall–Kier alpha value is -4.52. The van der Waals surface area contributed by atoms with Crippen LogP contribution in [0.15, 0.2) is 79.4 Å². The number of thiocarbonyl (C=S) groups is 1. The van der Waals surface area contributed by atoms with Gasteiger partial charge in [0.15, 0.2) is 5.11 Å². The zero-order chi connectivity index (χ0) is 28.7. The van der Waals surface area contributed by atoms with Crippen molar-refractivity contribution in [2.24, 2.45) is 0 Å². The minimum absolute atomic E-state index is 0.0113. The highest BCUT2D eigenvalue weighted by Gasteiger charge is 2.32. The number of nitrogens with zero attached hydrogens (tertiary/aromatic N) is 5. The molecule has 0 spiro atoms. The first-order chi connectivity index (χ1) is 19.2. The lowest BCUT2D eigenvalue weighted by Crippen LogP contribution is -2.41. The van der Waals surface area contributed by atoms with Crippen molar-refractivity contribution >= 4 is 28.7 Å². The molecule has 0 saturated heterocycles. The van der Waals surface area contributed by atoms with E-state index >= 15 is 0 Å². The number of alkyl halides is 3. The van der Waals surface area contributed by atoms with E-state index in [1.54, 1.807) is 54.0 Å². The fourth-order valence-electron chi connectivity index (χ4n) is 4.06. The molecule has 0 radical (unpaired) electrons. The zero-order valence-corrected chi connectivity index (χ0v) is 22.2. The highest BCUT2D eigenvalue weighted by molar-refractivity contribution is 7.80. The fourth-order valence-corrected chi connectivity index (χ4v) is 4.33. The molecule has 0 aliphatic rings. The summed E-state index contributed by atoms with van der Waals surface area (Å²) < 4.78 is 47.5. The van der Waals surface area contributed by atoms with Crippen LogP contribution in [0.25, 0.3) is 0 Å². The monoisotopic (exact) mass is 570 g/mol. The third kappa shape index (κ3) is 7.11. The number of nitrogens with one attached hydrogen (secondary N) is 1. The summed E-state index contributed by atoms with van der Waals surface area (Å²) >= 11 is 5.62. The predicted molar refractivity (Wildman–Crippen MR) is 147 cm³/mol. The summed E-state index contributed by atoms with van der Waals surface area (Å²) in [6.07, 6.45) is 0.957. The molecule has 2 aromatic heterocycles. The van der Waals surface area contributed by atoms with Crippen LogP contribution in [-0.4, -0.2) is 38.2 Å². The summed E-state index contributed by atoms with van der Waals surface area (Å²) in [4.78, 5) is 20.7. The SMILES string of the molecule is COc1ccc(N(CCc2cncn2Cc2ccc([N+](=O)[O-])cc2)C(=S)NCc2ccccc2C(F)(F)F)cn1. The van der Waals surface area contributed by atoms with Gasteiger partial charge in [-0.05, 0) is 35.5 Å². The van der Waals surface area contributed by atoms with Crippen molar-refractivity contribution in [3.63, 3.8) is 0 Å². The number of rotatable bonds is 10. The minimum Gasteiger partial charge on any atom is -0.481 e. The third-order valence-corrected chi connectivity index (χ3v) is 6.49. The van der Waals surface area contributed by atoms with Crippen molar-refractivity contribution in [3.8, 4) is 5.88 Å². The maximum Gasteiger partial charge on any atom is 0.416 e. The first-order valence-corrected chi connectivity index (χ1v) is 12.5. The van der Waals surface area contributed by atoms with Crippen molar-refractivity contribution in [3.05, 3.63) is 112 Å². The van der Waals surface area contributed by atoms with Crippen molar-refractivity contribution in [2.45, 2.75) is 25.7 Å². The van der Waals surface area contributed by atoms with Crippen LogP contribution in [0.3, 0.4) is 0 Å². The molecule has 40 heavy (non-hydrogen) atoms. The normalized spacial score (nSPS) is 11.2. The highest BCUT2D eigenvalue weighted by atomic mass is 32.1. The maximum atomic E-state index is 13.5. The van der Waals surface area contributed by atoms with E-state index in [1.165, 1.54) is 31.4 Å². The molecule has 2 heterocycles. The summed E-state index contributed by atoms with van der Waals surface area (Å²) in [6, 6.07) is 15.1. The summed E-state index contributed by atoms with van der Waals surface area (Å²) in [5.74, 6) is 0.405. The van der Waals surface area contributed by atoms with E-state index in [9.17, 15) is 23.3 Å². The van der Waals surface area contributed by atoms with Crippen LogP contribution in [-0.2, 0) is 25.7 Å². The molecule has 13 heteroatoms. The van der Waals surface area contributed by atoms with Crippen molar-refractivity contribution in [2.75, 3.05) is 18.6 Å². The van der Waals surface area contributed by atoms with E-state index in [2.05, 4.69) is 15.3 Å². The van der Waals surface area contributed by atoms with Crippen LogP contribution in [0.1, 0.15) is 22.4 Å². The van der Waals surface area contributed by atoms with E-state index in [0.717, 1.165) is 17.3 Å². The average molecular weight is 571 g/mol. The Balaban J connectivity index is 1.50. The Kier molecular flexibility index (Phi) is 8.94. The van der Waals surface area contributed by atoms with E-state index in [-0.39, 0.29) is 22.9 Å². The molecule has 9 nitrogen and oxygen atoms in total. The molecule has 1 N–H and O–H groups in total. The summed E-state index contributed by atoms with van der Waals surface area (Å²) in [7, 11) is 1.50. The molecule has 0 atom stereocenters. The number of benzene rings is 2. The maximum absolute atomic E-state index is 13.5. The molecule has 0 aliphatic heterocycles. The number of nitro groups is 1. The molecule has 0 unspecified atom stereocenters. The van der Waals surface area contributed by atoms with Crippen molar-refractivity contribution < 1.29 is 22.8 Å². The van der Waals surface area contributed by atoms with Gasteiger partial charge in [0.05, 0.1) is 35.8 Å². The van der Waals surface area contributed by atoms with E-state index in [4.69, 9.17) is 17.0 Å². The fraction of sp³-hybridized carbons (Fsp3) is 0.222. The number of halogens is 3. The predicted octanol–water partition coefficient (Wildman–Crippen LogP) is 5.39. The Morgan fingerprint density at radius 1 is 1.12 bits per heavy atom. The topological polar surface area (TPSA) is 98.3 Å². The molecular formula is C27H25F3N6O3S. The second kappa shape index (κ2) is 12.6. The number of imidazole rings is 1. The number of non-ortho nitro benzene ring substituents is 1. The first-order valence-electron chi connectivity index (χ1n) is 12.1. The lowest BCUT2D eigenvalue weighted by Gasteiger charge is -2.26. The van der Waals surface area contributed by atoms with Gasteiger partial charge in [0, 0.05) is 56.1 Å². The Bertz CT molecular complexity index is 1460. The molecule has 4 aromatic rings. The van der Waals surface area contributed by atoms with Crippen molar-refractivity contribution in [1.29, 1.82) is 0 Å². The van der Waals surface area contributed by atoms with Gasteiger partial charge in [-0.3, -0.25) is 10.1 Å². The van der Waals surface area contributed by atoms with Crippen LogP contribution in [0.2, 0.25) is 0 Å². The van der Waals surface area contributed by atoms with Crippen LogP contribution in [0.4, 0.5) is 24.5 Å². The van der Waals surface area contributed by atoms with Crippen molar-refractivity contribution in [1.82, 2.24) is 19.9 Å². The van der Waals surface area contributed by atoms with Gasteiger partial charge in [-0.15, -0.1) is 0 Å². The largest absolute Gasteiger partial charge is 0.481 e. The van der Waals surface area contributed by atoms with Crippen LogP contribution in [0.5, 0.6) is 5.88 Å². The number of nitro benzene ring substituents is 1. The Labute approximate surface area is 233 Å². The average Bonchev–Trinajstić information content (AvgIpc) is 3.39. The van der Waals surface area contributed by atoms with Gasteiger partial charge in [0.1, 0.15) is 0 Å². The lowest BCUT2D eigenvalue weighted by molar-refractivity contribution is -0.384. The molecule has 208 valence electrons. The second-order valence-corrected chi connectivity index (χ2v) is 9.10. The van der Waals surface area contributed by atoms with Gasteiger partial charge in [0.25, 0.3) is 5.69 Å². The number of pyridine rings is 1. The molecule has 2 aromatic carbocycles. The van der Waals surface area contributed by atoms with Gasteiger partial charge < -0.3 is 19.5 Å². The molecule has 0 fully saturated rings. The molecule has 0 aliphatic carbocycles. The first kappa shape index (κ1) is 28.5. The standard InChI is InChI=1S/C27H25F3N6O3S/c1-39-25-11-10-23(16-32-25)35(26(40)33-14-20-4-2-3-5-24(20)27(28,29)30)13-12-22-15-31-18-34(22)17-19-6-8-21(9-7-19)36(37)38/h2-11,15-16,18H,12-14,17H2,1H3,(H,33,40). The second-order valence-electron chi connectivity index (χ2n) is 8.71. The smallest absolute Gasteiger partial charge is 0.416 e. The summed E-state index contributed by atoms with van der Waals surface area (Å²) in [5, 5.41) is 14.1. The highest BCUT2D eigenvalue weighted by Crippen LogP contribution is 2.31. The van der Waals surface area contributed by atoms with E-state index in [1.807, 2.05) is 4.57 Å². The lowest BCUT2D eigenvalue weighted by atomic mass is 10.1. The number of hydrogen-bond acceptors (Lipinski definition) is 6. The Morgan fingerprint density at radius 3 is 2.52 bits per heavy atom. The van der Waals surface area contributed by atoms with Crippen LogP contribution in [0, 0.1) is 10.1 Å². The third-order valence-electron chi connectivity index (χ3n) is 6.13. The van der Waals surface area contributed by atoms with E-state index in [0.29, 0.717) is 31.1 Å². The molecule has 4 rings (SSSR count). The van der Waals surface area contributed by atoms with Crippen LogP contribution < -0.4 is 15.0 Å². The summed E-state index contributed by atoms with van der Waals surface area (Å²) in [6.45, 7) is 0.702. The van der Waals surface area contributed by atoms with E-state index < -0.39 is 16.7 Å². The van der Waals surface area contributed by atoms with Gasteiger partial charge in [-0.2, -0.15) is 13.2 Å². The molecule has 0 amide bonds. The Morgan fingerprint density at radius 2 is 1.88 bits per heavy atom. The number of methoxy groups -OCH3 is 1. The van der Waals surface area contributed by atoms with Gasteiger partial charge in [-0.1, -0.05) is 30.3 Å². The van der Waals surface area contributed by atoms with Gasteiger partial charge >= 0.3 is 6.18 Å². The zero-order valence-electron chi connectivity index (χ0n) is 21.3. The quantitative estimate of drug-likeness (QED) is 0.154. The molecular weight excluding hydrogens is 545 g/mol. The number of ether oxygens (including phenoxy) is 1. The number of hydrogen-bond donors (Lipinski definition) is 1. The minimum atomic E-state index is -4.48. The van der Waals surface area contributed by atoms with Crippen LogP contribution >= 0.6 is 12.2 Å². The summed E-state index contributed by atoms with van der Waals surface area (Å²) in [5.41, 5.74) is 1.72. The number of aromatic nitrogens is 3. The van der Waals surface area contributed by atoms with Gasteiger partial charge in [0.2, 0.25) is 5.88 Å².